The second-order valence-corrected chi connectivity index (χ2v) is 7.78. The highest BCUT2D eigenvalue weighted by atomic mass is 19.4. The molecule has 0 aromatic carbocycles. The van der Waals surface area contributed by atoms with Gasteiger partial charge in [0, 0.05) is 17.8 Å². The van der Waals surface area contributed by atoms with Gasteiger partial charge < -0.3 is 15.7 Å². The number of aliphatic hydroxyl groups is 1. The van der Waals surface area contributed by atoms with Crippen molar-refractivity contribution in [3.05, 3.63) is 47.9 Å². The number of alkyl halides is 6. The Morgan fingerprint density at radius 3 is 2.15 bits per heavy atom. The molecular weight excluding hydrogens is 467 g/mol. The van der Waals surface area contributed by atoms with E-state index in [-0.39, 0.29) is 29.1 Å². The Hall–Kier alpha value is -3.49. The lowest BCUT2D eigenvalue weighted by atomic mass is 9.82. The first-order chi connectivity index (χ1) is 15.6. The van der Waals surface area contributed by atoms with E-state index in [4.69, 9.17) is 0 Å². The normalized spacial score (nSPS) is 13.4. The Kier molecular flexibility index (Phi) is 6.69. The van der Waals surface area contributed by atoms with Crippen LogP contribution in [-0.4, -0.2) is 49.4 Å². The first-order valence-corrected chi connectivity index (χ1v) is 9.73. The molecule has 34 heavy (non-hydrogen) atoms. The smallest absolute Gasteiger partial charge is 0.389 e. The molecule has 3 aromatic heterocycles. The van der Waals surface area contributed by atoms with Crippen LogP contribution in [0, 0.1) is 0 Å². The van der Waals surface area contributed by atoms with E-state index in [0.29, 0.717) is 0 Å². The molecule has 0 amide bonds. The maximum absolute atomic E-state index is 13.1. The third-order valence-corrected chi connectivity index (χ3v) is 4.62. The van der Waals surface area contributed by atoms with Crippen LogP contribution >= 0.6 is 0 Å². The molecule has 8 nitrogen and oxygen atoms in total. The predicted octanol–water partition coefficient (Wildman–Crippen LogP) is 3.25. The van der Waals surface area contributed by atoms with Crippen molar-refractivity contribution in [2.45, 2.75) is 37.7 Å². The van der Waals surface area contributed by atoms with E-state index >= 15 is 0 Å². The minimum Gasteiger partial charge on any atom is -0.389 e. The molecule has 0 saturated heterocycles. The second kappa shape index (κ2) is 9.04. The van der Waals surface area contributed by atoms with Crippen LogP contribution in [0.25, 0.3) is 11.5 Å². The molecule has 0 radical (unpaired) electrons. The molecule has 3 rings (SSSR count). The van der Waals surface area contributed by atoms with Gasteiger partial charge in [0.2, 0.25) is 11.9 Å². The molecule has 0 aliphatic carbocycles. The standard InChI is InChI=1S/C19H18BF6N7O/c1-17(2,34)14(20)32-16-31-13(10-4-3-5-11(29-10)18(21,22)23)30-15(33-16)28-9-6-7-27-12(8-9)19(24,25)26/h3-8,14,34H,20H2,1-2H3,(H2,27,28,30,31,32,33). The van der Waals surface area contributed by atoms with Gasteiger partial charge in [-0.2, -0.15) is 41.3 Å². The number of hydrogen-bond acceptors (Lipinski definition) is 8. The number of nitrogens with one attached hydrogen (secondary N) is 2. The quantitative estimate of drug-likeness (QED) is 0.361. The summed E-state index contributed by atoms with van der Waals surface area (Å²) in [4.78, 5) is 18.9. The summed E-state index contributed by atoms with van der Waals surface area (Å²) in [6.45, 7) is 3.02. The molecule has 0 aliphatic rings. The zero-order valence-electron chi connectivity index (χ0n) is 18.0. The summed E-state index contributed by atoms with van der Waals surface area (Å²) in [5, 5.41) is 15.5. The first-order valence-electron chi connectivity index (χ1n) is 9.73. The molecule has 180 valence electrons. The molecule has 0 bridgehead atoms. The summed E-state index contributed by atoms with van der Waals surface area (Å²) < 4.78 is 78.2. The van der Waals surface area contributed by atoms with Gasteiger partial charge in [-0.1, -0.05) is 6.07 Å². The molecular formula is C19H18BF6N7O. The van der Waals surface area contributed by atoms with Gasteiger partial charge in [0.25, 0.3) is 0 Å². The van der Waals surface area contributed by atoms with E-state index in [1.54, 1.807) is 7.85 Å². The number of rotatable bonds is 6. The maximum atomic E-state index is 13.1. The molecule has 0 fully saturated rings. The fourth-order valence-electron chi connectivity index (χ4n) is 2.49. The van der Waals surface area contributed by atoms with Gasteiger partial charge in [-0.25, -0.2) is 4.98 Å². The molecule has 3 aromatic rings. The monoisotopic (exact) mass is 485 g/mol. The minimum absolute atomic E-state index is 0.0713. The second-order valence-electron chi connectivity index (χ2n) is 7.78. The summed E-state index contributed by atoms with van der Waals surface area (Å²) in [6, 6.07) is 5.08. The van der Waals surface area contributed by atoms with Crippen LogP contribution in [0.5, 0.6) is 0 Å². The Morgan fingerprint density at radius 2 is 1.53 bits per heavy atom. The third kappa shape index (κ3) is 6.30. The highest BCUT2D eigenvalue weighted by molar-refractivity contribution is 6.14. The highest BCUT2D eigenvalue weighted by Gasteiger charge is 2.33. The van der Waals surface area contributed by atoms with E-state index in [9.17, 15) is 31.4 Å². The summed E-state index contributed by atoms with van der Waals surface area (Å²) >= 11 is 0. The average Bonchev–Trinajstić information content (AvgIpc) is 2.72. The van der Waals surface area contributed by atoms with Crippen LogP contribution in [-0.2, 0) is 12.4 Å². The van der Waals surface area contributed by atoms with Gasteiger partial charge >= 0.3 is 12.4 Å². The number of halogens is 6. The third-order valence-electron chi connectivity index (χ3n) is 4.62. The number of aromatic nitrogens is 5. The number of pyridine rings is 2. The first kappa shape index (κ1) is 25.1. The van der Waals surface area contributed by atoms with E-state index in [1.807, 2.05) is 0 Å². The van der Waals surface area contributed by atoms with Crippen molar-refractivity contribution in [3.8, 4) is 11.5 Å². The summed E-state index contributed by atoms with van der Waals surface area (Å²) in [5.41, 5.74) is -3.90. The van der Waals surface area contributed by atoms with Crippen molar-refractivity contribution < 1.29 is 31.4 Å². The number of nitrogens with zero attached hydrogens (tertiary/aromatic N) is 5. The van der Waals surface area contributed by atoms with Crippen LogP contribution in [0.1, 0.15) is 25.2 Å². The van der Waals surface area contributed by atoms with Crippen LogP contribution in [0.2, 0.25) is 0 Å². The van der Waals surface area contributed by atoms with Crippen LogP contribution < -0.4 is 10.6 Å². The molecule has 15 heteroatoms. The van der Waals surface area contributed by atoms with Gasteiger partial charge in [-0.05, 0) is 38.1 Å². The van der Waals surface area contributed by atoms with Gasteiger partial charge in [0.1, 0.15) is 24.9 Å². The SMILES string of the molecule is BC(Nc1nc(Nc2ccnc(C(F)(F)F)c2)nc(-c2cccc(C(F)(F)F)n2)n1)C(C)(C)O. The summed E-state index contributed by atoms with van der Waals surface area (Å²) in [7, 11) is 1.61. The van der Waals surface area contributed by atoms with Gasteiger partial charge in [-0.15, -0.1) is 0 Å². The topological polar surface area (TPSA) is 109 Å². The van der Waals surface area contributed by atoms with E-state index in [0.717, 1.165) is 24.4 Å². The van der Waals surface area contributed by atoms with Crippen molar-refractivity contribution in [1.29, 1.82) is 0 Å². The molecule has 0 aliphatic heterocycles. The van der Waals surface area contributed by atoms with Crippen molar-refractivity contribution in [2.24, 2.45) is 0 Å². The van der Waals surface area contributed by atoms with Gasteiger partial charge in [0.15, 0.2) is 5.82 Å². The lowest BCUT2D eigenvalue weighted by Crippen LogP contribution is -2.42. The van der Waals surface area contributed by atoms with Gasteiger partial charge in [-0.3, -0.25) is 4.98 Å². The average molecular weight is 485 g/mol. The fraction of sp³-hybridized carbons (Fsp3) is 0.316. The zero-order chi connectivity index (χ0) is 25.3. The zero-order valence-corrected chi connectivity index (χ0v) is 18.0. The number of anilines is 3. The molecule has 1 unspecified atom stereocenters. The van der Waals surface area contributed by atoms with Gasteiger partial charge in [0.05, 0.1) is 5.60 Å². The van der Waals surface area contributed by atoms with E-state index in [2.05, 4.69) is 35.6 Å². The number of hydrogen-bond donors (Lipinski definition) is 3. The van der Waals surface area contributed by atoms with Crippen molar-refractivity contribution in [2.75, 3.05) is 10.6 Å². The lowest BCUT2D eigenvalue weighted by molar-refractivity contribution is -0.141. The summed E-state index contributed by atoms with van der Waals surface area (Å²) in [5.74, 6) is -1.32. The van der Waals surface area contributed by atoms with Crippen LogP contribution in [0.4, 0.5) is 43.9 Å². The Balaban J connectivity index is 2.05. The predicted molar refractivity (Wildman–Crippen MR) is 113 cm³/mol. The molecule has 3 N–H and O–H groups in total. The summed E-state index contributed by atoms with van der Waals surface area (Å²) in [6.07, 6.45) is -8.48. The highest BCUT2D eigenvalue weighted by Crippen LogP contribution is 2.31. The Bertz CT molecular complexity index is 1170. The van der Waals surface area contributed by atoms with Crippen molar-refractivity contribution >= 4 is 25.4 Å². The lowest BCUT2D eigenvalue weighted by Gasteiger charge is -2.27. The maximum Gasteiger partial charge on any atom is 0.433 e. The minimum atomic E-state index is -4.72. The van der Waals surface area contributed by atoms with Crippen LogP contribution in [0.15, 0.2) is 36.5 Å². The van der Waals surface area contributed by atoms with E-state index < -0.39 is 35.3 Å². The molecule has 3 heterocycles. The van der Waals surface area contributed by atoms with Crippen LogP contribution in [0.3, 0.4) is 0 Å². The fourth-order valence-corrected chi connectivity index (χ4v) is 2.49. The largest absolute Gasteiger partial charge is 0.433 e. The Labute approximate surface area is 190 Å². The Morgan fingerprint density at radius 1 is 0.882 bits per heavy atom. The molecule has 0 saturated carbocycles. The molecule has 1 atom stereocenters. The molecule has 0 spiro atoms. The van der Waals surface area contributed by atoms with E-state index in [1.165, 1.54) is 26.0 Å². The van der Waals surface area contributed by atoms with Crippen molar-refractivity contribution in [1.82, 2.24) is 24.9 Å². The van der Waals surface area contributed by atoms with Crippen molar-refractivity contribution in [3.63, 3.8) is 0 Å².